The molecule has 1 heterocycles. The van der Waals surface area contributed by atoms with Gasteiger partial charge in [0.2, 0.25) is 0 Å². The summed E-state index contributed by atoms with van der Waals surface area (Å²) in [6.45, 7) is 0.942. The van der Waals surface area contributed by atoms with Gasteiger partial charge in [-0.2, -0.15) is 0 Å². The number of benzene rings is 2. The molecule has 0 aliphatic carbocycles. The molecule has 1 aliphatic heterocycles. The van der Waals surface area contributed by atoms with Crippen molar-refractivity contribution in [2.45, 2.75) is 13.0 Å². The van der Waals surface area contributed by atoms with E-state index in [2.05, 4.69) is 0 Å². The smallest absolute Gasteiger partial charge is 0.255 e. The second kappa shape index (κ2) is 7.99. The van der Waals surface area contributed by atoms with Crippen molar-refractivity contribution in [2.24, 2.45) is 5.73 Å². The first kappa shape index (κ1) is 18.6. The van der Waals surface area contributed by atoms with E-state index in [1.807, 2.05) is 12.1 Å². The van der Waals surface area contributed by atoms with Crippen LogP contribution in [0.3, 0.4) is 0 Å². The Hall–Kier alpha value is -3.22. The molecule has 27 heavy (non-hydrogen) atoms. The van der Waals surface area contributed by atoms with Crippen molar-refractivity contribution in [3.05, 3.63) is 53.1 Å². The van der Waals surface area contributed by atoms with E-state index in [1.54, 1.807) is 43.4 Å². The second-order valence-corrected chi connectivity index (χ2v) is 6.23. The first-order chi connectivity index (χ1) is 13.0. The Morgan fingerprint density at radius 1 is 1.04 bits per heavy atom. The van der Waals surface area contributed by atoms with E-state index >= 15 is 0 Å². The van der Waals surface area contributed by atoms with Gasteiger partial charge in [0.15, 0.2) is 18.1 Å². The number of fused-ring (bicyclic) bond motifs is 1. The molecule has 2 amide bonds. The Morgan fingerprint density at radius 2 is 1.67 bits per heavy atom. The topological polar surface area (TPSA) is 91.1 Å². The minimum absolute atomic E-state index is 0.0584. The van der Waals surface area contributed by atoms with Gasteiger partial charge in [0.25, 0.3) is 11.8 Å². The van der Waals surface area contributed by atoms with Crippen molar-refractivity contribution in [1.82, 2.24) is 4.90 Å². The normalized spacial score (nSPS) is 12.9. The number of nitrogens with two attached hydrogens (primary N) is 1. The van der Waals surface area contributed by atoms with Crippen LogP contribution >= 0.6 is 0 Å². The van der Waals surface area contributed by atoms with Crippen LogP contribution in [0.5, 0.6) is 17.2 Å². The average molecular weight is 370 g/mol. The fraction of sp³-hybridized carbons (Fsp3) is 0.300. The molecule has 0 bridgehead atoms. The summed E-state index contributed by atoms with van der Waals surface area (Å²) in [6, 6.07) is 10.6. The maximum Gasteiger partial charge on any atom is 0.255 e. The summed E-state index contributed by atoms with van der Waals surface area (Å²) >= 11 is 0. The first-order valence-electron chi connectivity index (χ1n) is 8.56. The van der Waals surface area contributed by atoms with Crippen LogP contribution in [0.15, 0.2) is 36.4 Å². The van der Waals surface area contributed by atoms with E-state index in [1.165, 1.54) is 0 Å². The van der Waals surface area contributed by atoms with Gasteiger partial charge in [0, 0.05) is 18.7 Å². The molecule has 0 unspecified atom stereocenters. The van der Waals surface area contributed by atoms with Gasteiger partial charge < -0.3 is 24.8 Å². The van der Waals surface area contributed by atoms with Gasteiger partial charge in [-0.15, -0.1) is 0 Å². The number of amides is 2. The lowest BCUT2D eigenvalue weighted by atomic mass is 9.98. The number of rotatable bonds is 6. The molecular weight excluding hydrogens is 348 g/mol. The predicted molar refractivity (Wildman–Crippen MR) is 99.1 cm³/mol. The highest BCUT2D eigenvalue weighted by Crippen LogP contribution is 2.33. The highest BCUT2D eigenvalue weighted by atomic mass is 16.5. The van der Waals surface area contributed by atoms with Crippen LogP contribution in [0.25, 0.3) is 0 Å². The summed E-state index contributed by atoms with van der Waals surface area (Å²) in [4.78, 5) is 25.4. The van der Waals surface area contributed by atoms with E-state index in [-0.39, 0.29) is 12.5 Å². The SMILES string of the molecule is COc1cc2c(cc1OC)CN(C(=O)c1ccc(OCC(N)=O)cc1)CC2. The number of primary amides is 1. The van der Waals surface area contributed by atoms with Crippen molar-refractivity contribution in [2.75, 3.05) is 27.4 Å². The van der Waals surface area contributed by atoms with E-state index in [0.717, 1.165) is 17.5 Å². The van der Waals surface area contributed by atoms with Gasteiger partial charge in [-0.25, -0.2) is 0 Å². The number of carbonyl (C=O) groups is 2. The summed E-state index contributed by atoms with van der Waals surface area (Å²) in [5.41, 5.74) is 7.82. The third kappa shape index (κ3) is 4.13. The van der Waals surface area contributed by atoms with Crippen LogP contribution in [0.4, 0.5) is 0 Å². The minimum atomic E-state index is -0.547. The molecule has 7 nitrogen and oxygen atoms in total. The molecule has 2 aromatic rings. The summed E-state index contributed by atoms with van der Waals surface area (Å²) in [7, 11) is 3.21. The molecule has 0 spiro atoms. The molecule has 0 atom stereocenters. The van der Waals surface area contributed by atoms with Crippen LogP contribution < -0.4 is 19.9 Å². The largest absolute Gasteiger partial charge is 0.493 e. The minimum Gasteiger partial charge on any atom is -0.493 e. The van der Waals surface area contributed by atoms with Gasteiger partial charge in [-0.3, -0.25) is 9.59 Å². The number of hydrogen-bond acceptors (Lipinski definition) is 5. The van der Waals surface area contributed by atoms with Gasteiger partial charge in [0.05, 0.1) is 14.2 Å². The molecule has 0 aromatic heterocycles. The van der Waals surface area contributed by atoms with Crippen LogP contribution in [0, 0.1) is 0 Å². The summed E-state index contributed by atoms with van der Waals surface area (Å²) < 4.78 is 15.9. The molecule has 142 valence electrons. The molecule has 0 saturated heterocycles. The average Bonchev–Trinajstić information content (AvgIpc) is 2.70. The van der Waals surface area contributed by atoms with Crippen molar-refractivity contribution in [3.8, 4) is 17.2 Å². The fourth-order valence-corrected chi connectivity index (χ4v) is 3.09. The highest BCUT2D eigenvalue weighted by Gasteiger charge is 2.23. The Kier molecular flexibility index (Phi) is 5.49. The molecular formula is C20H22N2O5. The highest BCUT2D eigenvalue weighted by molar-refractivity contribution is 5.94. The maximum atomic E-state index is 12.8. The molecule has 3 rings (SSSR count). The Labute approximate surface area is 157 Å². The van der Waals surface area contributed by atoms with Gasteiger partial charge in [-0.1, -0.05) is 0 Å². The van der Waals surface area contributed by atoms with E-state index in [9.17, 15) is 9.59 Å². The van der Waals surface area contributed by atoms with E-state index in [4.69, 9.17) is 19.9 Å². The number of methoxy groups -OCH3 is 2. The zero-order chi connectivity index (χ0) is 19.4. The van der Waals surface area contributed by atoms with Crippen molar-refractivity contribution >= 4 is 11.8 Å². The number of hydrogen-bond donors (Lipinski definition) is 1. The monoisotopic (exact) mass is 370 g/mol. The lowest BCUT2D eigenvalue weighted by Gasteiger charge is -2.29. The lowest BCUT2D eigenvalue weighted by Crippen LogP contribution is -2.36. The summed E-state index contributed by atoms with van der Waals surface area (Å²) in [5, 5.41) is 0. The third-order valence-corrected chi connectivity index (χ3v) is 4.49. The molecule has 7 heteroatoms. The maximum absolute atomic E-state index is 12.8. The quantitative estimate of drug-likeness (QED) is 0.837. The molecule has 2 aromatic carbocycles. The Bertz CT molecular complexity index is 848. The van der Waals surface area contributed by atoms with Crippen molar-refractivity contribution in [3.63, 3.8) is 0 Å². The van der Waals surface area contributed by atoms with Crippen molar-refractivity contribution < 1.29 is 23.8 Å². The van der Waals surface area contributed by atoms with E-state index in [0.29, 0.717) is 35.9 Å². The van der Waals surface area contributed by atoms with E-state index < -0.39 is 5.91 Å². The first-order valence-corrected chi connectivity index (χ1v) is 8.56. The molecule has 0 fully saturated rings. The van der Waals surface area contributed by atoms with Crippen molar-refractivity contribution in [1.29, 1.82) is 0 Å². The van der Waals surface area contributed by atoms with Gasteiger partial charge in [-0.05, 0) is 53.9 Å². The second-order valence-electron chi connectivity index (χ2n) is 6.23. The third-order valence-electron chi connectivity index (χ3n) is 4.49. The van der Waals surface area contributed by atoms with Gasteiger partial charge in [0.1, 0.15) is 5.75 Å². The lowest BCUT2D eigenvalue weighted by molar-refractivity contribution is -0.119. The number of nitrogens with zero attached hydrogens (tertiary/aromatic N) is 1. The number of ether oxygens (including phenoxy) is 3. The molecule has 2 N–H and O–H groups in total. The zero-order valence-electron chi connectivity index (χ0n) is 15.4. The predicted octanol–water partition coefficient (Wildman–Crippen LogP) is 1.77. The Balaban J connectivity index is 1.72. The van der Waals surface area contributed by atoms with Crippen LogP contribution in [0.1, 0.15) is 21.5 Å². The van der Waals surface area contributed by atoms with Crippen LogP contribution in [-0.2, 0) is 17.8 Å². The summed E-state index contributed by atoms with van der Waals surface area (Å²) in [5.74, 6) is 1.24. The standard InChI is InChI=1S/C20H22N2O5/c1-25-17-9-14-7-8-22(11-15(14)10-18(17)26-2)20(24)13-3-5-16(6-4-13)27-12-19(21)23/h3-6,9-10H,7-8,11-12H2,1-2H3,(H2,21,23). The number of carbonyl (C=O) groups excluding carboxylic acids is 2. The molecule has 0 saturated carbocycles. The zero-order valence-corrected chi connectivity index (χ0v) is 15.4. The molecule has 0 radical (unpaired) electrons. The van der Waals surface area contributed by atoms with Crippen LogP contribution in [0.2, 0.25) is 0 Å². The fourth-order valence-electron chi connectivity index (χ4n) is 3.09. The van der Waals surface area contributed by atoms with Crippen LogP contribution in [-0.4, -0.2) is 44.1 Å². The molecule has 1 aliphatic rings. The van der Waals surface area contributed by atoms with Gasteiger partial charge >= 0.3 is 0 Å². The summed E-state index contributed by atoms with van der Waals surface area (Å²) in [6.07, 6.45) is 0.751. The Morgan fingerprint density at radius 3 is 2.26 bits per heavy atom.